The molecule has 0 aliphatic heterocycles. The summed E-state index contributed by atoms with van der Waals surface area (Å²) in [4.78, 5) is 0. The Morgan fingerprint density at radius 1 is 1.38 bits per heavy atom. The first kappa shape index (κ1) is 10.6. The van der Waals surface area contributed by atoms with E-state index >= 15 is 0 Å². The van der Waals surface area contributed by atoms with E-state index in [1.807, 2.05) is 19.1 Å². The molecule has 2 heteroatoms. The number of phenols is 1. The minimum absolute atomic E-state index is 0.0161. The molecule has 0 saturated carbocycles. The van der Waals surface area contributed by atoms with Crippen LogP contribution >= 0.6 is 15.9 Å². The minimum Gasteiger partial charge on any atom is -0.508 e. The fourth-order valence-corrected chi connectivity index (χ4v) is 1.59. The highest BCUT2D eigenvalue weighted by molar-refractivity contribution is 9.09. The lowest BCUT2D eigenvalue weighted by Crippen LogP contribution is -2.18. The van der Waals surface area contributed by atoms with Crippen LogP contribution in [0.3, 0.4) is 0 Å². The predicted octanol–water partition coefficient (Wildman–Crippen LogP) is 3.37. The van der Waals surface area contributed by atoms with Crippen LogP contribution in [-0.4, -0.2) is 10.4 Å². The van der Waals surface area contributed by atoms with Crippen LogP contribution in [0.15, 0.2) is 18.2 Å². The molecule has 1 aromatic carbocycles. The summed E-state index contributed by atoms with van der Waals surface area (Å²) < 4.78 is 0. The Morgan fingerprint density at radius 3 is 2.46 bits per heavy atom. The number of benzene rings is 1. The number of hydrogen-bond donors (Lipinski definition) is 1. The number of halogens is 1. The molecule has 0 fully saturated rings. The molecule has 0 spiro atoms. The van der Waals surface area contributed by atoms with Gasteiger partial charge in [-0.2, -0.15) is 0 Å². The Balaban J connectivity index is 3.16. The second-order valence-corrected chi connectivity index (χ2v) is 4.60. The Bertz CT molecular complexity index is 305. The van der Waals surface area contributed by atoms with Gasteiger partial charge >= 0.3 is 0 Å². The first-order valence-electron chi connectivity index (χ1n) is 4.33. The topological polar surface area (TPSA) is 20.2 Å². The van der Waals surface area contributed by atoms with Gasteiger partial charge in [-0.1, -0.05) is 41.9 Å². The Kier molecular flexibility index (Phi) is 3.01. The molecule has 13 heavy (non-hydrogen) atoms. The molecule has 1 aromatic rings. The van der Waals surface area contributed by atoms with E-state index in [9.17, 15) is 5.11 Å². The highest BCUT2D eigenvalue weighted by Gasteiger charge is 2.22. The lowest BCUT2D eigenvalue weighted by Gasteiger charge is -2.23. The molecule has 0 heterocycles. The Hall–Kier alpha value is -0.500. The Labute approximate surface area is 87.9 Å². The zero-order valence-electron chi connectivity index (χ0n) is 8.26. The quantitative estimate of drug-likeness (QED) is 0.789. The highest BCUT2D eigenvalue weighted by Crippen LogP contribution is 2.32. The third-order valence-corrected chi connectivity index (χ3v) is 3.62. The van der Waals surface area contributed by atoms with Crippen LogP contribution in [0.25, 0.3) is 0 Å². The Morgan fingerprint density at radius 2 is 2.00 bits per heavy atom. The average Bonchev–Trinajstić information content (AvgIpc) is 2.03. The van der Waals surface area contributed by atoms with Gasteiger partial charge in [-0.05, 0) is 18.6 Å². The van der Waals surface area contributed by atoms with Crippen LogP contribution < -0.4 is 0 Å². The molecule has 1 nitrogen and oxygen atoms in total. The maximum atomic E-state index is 9.74. The van der Waals surface area contributed by atoms with E-state index in [0.717, 1.165) is 16.5 Å². The molecule has 0 aliphatic carbocycles. The van der Waals surface area contributed by atoms with E-state index in [4.69, 9.17) is 0 Å². The van der Waals surface area contributed by atoms with Crippen molar-refractivity contribution >= 4 is 15.9 Å². The number of hydrogen-bond acceptors (Lipinski definition) is 1. The van der Waals surface area contributed by atoms with Crippen LogP contribution in [0.4, 0.5) is 0 Å². The van der Waals surface area contributed by atoms with E-state index in [-0.39, 0.29) is 5.41 Å². The second kappa shape index (κ2) is 3.70. The maximum absolute atomic E-state index is 9.74. The summed E-state index contributed by atoms with van der Waals surface area (Å²) in [7, 11) is 0. The molecule has 0 aliphatic rings. The lowest BCUT2D eigenvalue weighted by molar-refractivity contribution is 0.448. The van der Waals surface area contributed by atoms with Crippen LogP contribution in [0.2, 0.25) is 0 Å². The summed E-state index contributed by atoms with van der Waals surface area (Å²) in [6, 6.07) is 5.82. The van der Waals surface area contributed by atoms with Gasteiger partial charge < -0.3 is 5.11 Å². The van der Waals surface area contributed by atoms with Crippen molar-refractivity contribution in [1.29, 1.82) is 0 Å². The van der Waals surface area contributed by atoms with Crippen LogP contribution in [0.5, 0.6) is 5.75 Å². The van der Waals surface area contributed by atoms with E-state index < -0.39 is 0 Å². The summed E-state index contributed by atoms with van der Waals surface area (Å²) in [5.74, 6) is 0.393. The van der Waals surface area contributed by atoms with Gasteiger partial charge in [0, 0.05) is 16.3 Å². The number of rotatable bonds is 2. The van der Waals surface area contributed by atoms with Crippen molar-refractivity contribution in [1.82, 2.24) is 0 Å². The molecule has 0 saturated heterocycles. The van der Waals surface area contributed by atoms with Crippen molar-refractivity contribution in [3.05, 3.63) is 29.3 Å². The van der Waals surface area contributed by atoms with Gasteiger partial charge in [0.15, 0.2) is 0 Å². The third kappa shape index (κ3) is 2.25. The van der Waals surface area contributed by atoms with Gasteiger partial charge in [0.1, 0.15) is 5.75 Å². The van der Waals surface area contributed by atoms with Gasteiger partial charge in [0.2, 0.25) is 0 Å². The molecule has 0 atom stereocenters. The molecule has 0 amide bonds. The molecular weight excluding hydrogens is 228 g/mol. The van der Waals surface area contributed by atoms with E-state index in [1.54, 1.807) is 6.07 Å². The van der Waals surface area contributed by atoms with Crippen molar-refractivity contribution in [2.75, 3.05) is 5.33 Å². The summed E-state index contributed by atoms with van der Waals surface area (Å²) >= 11 is 3.45. The average molecular weight is 243 g/mol. The van der Waals surface area contributed by atoms with Gasteiger partial charge in [-0.3, -0.25) is 0 Å². The summed E-state index contributed by atoms with van der Waals surface area (Å²) in [6.07, 6.45) is 0. The normalized spacial score (nSPS) is 11.7. The smallest absolute Gasteiger partial charge is 0.119 e. The molecule has 0 radical (unpaired) electrons. The largest absolute Gasteiger partial charge is 0.508 e. The number of phenolic OH excluding ortho intramolecular Hbond substituents is 1. The molecule has 1 rings (SSSR count). The van der Waals surface area contributed by atoms with E-state index in [0.29, 0.717) is 5.75 Å². The van der Waals surface area contributed by atoms with Gasteiger partial charge in [0.25, 0.3) is 0 Å². The molecule has 0 unspecified atom stereocenters. The summed E-state index contributed by atoms with van der Waals surface area (Å²) in [5, 5.41) is 10.6. The van der Waals surface area contributed by atoms with Crippen molar-refractivity contribution < 1.29 is 5.11 Å². The standard InChI is InChI=1S/C11H15BrO/c1-8-4-5-9(10(13)6-8)11(2,3)7-12/h4-6,13H,7H2,1-3H3. The third-order valence-electron chi connectivity index (χ3n) is 2.22. The van der Waals surface area contributed by atoms with Crippen LogP contribution in [0.1, 0.15) is 25.0 Å². The molecule has 0 bridgehead atoms. The monoisotopic (exact) mass is 242 g/mol. The minimum atomic E-state index is -0.0161. The van der Waals surface area contributed by atoms with Crippen molar-refractivity contribution in [3.63, 3.8) is 0 Å². The number of alkyl halides is 1. The van der Waals surface area contributed by atoms with Gasteiger partial charge in [-0.15, -0.1) is 0 Å². The second-order valence-electron chi connectivity index (χ2n) is 4.04. The first-order chi connectivity index (χ1) is 5.97. The summed E-state index contributed by atoms with van der Waals surface area (Å²) in [6.45, 7) is 6.18. The SMILES string of the molecule is Cc1ccc(C(C)(C)CBr)c(O)c1. The molecule has 1 N–H and O–H groups in total. The maximum Gasteiger partial charge on any atom is 0.119 e. The summed E-state index contributed by atoms with van der Waals surface area (Å²) in [5.41, 5.74) is 2.07. The molecular formula is C11H15BrO. The van der Waals surface area contributed by atoms with Gasteiger partial charge in [0.05, 0.1) is 0 Å². The predicted molar refractivity (Wildman–Crippen MR) is 59.7 cm³/mol. The van der Waals surface area contributed by atoms with E-state index in [2.05, 4.69) is 29.8 Å². The first-order valence-corrected chi connectivity index (χ1v) is 5.45. The zero-order chi connectivity index (χ0) is 10.1. The highest BCUT2D eigenvalue weighted by atomic mass is 79.9. The number of aromatic hydroxyl groups is 1. The van der Waals surface area contributed by atoms with Crippen molar-refractivity contribution in [2.24, 2.45) is 0 Å². The van der Waals surface area contributed by atoms with Crippen molar-refractivity contribution in [3.8, 4) is 5.75 Å². The molecule has 0 aromatic heterocycles. The van der Waals surface area contributed by atoms with Crippen molar-refractivity contribution in [2.45, 2.75) is 26.2 Å². The zero-order valence-corrected chi connectivity index (χ0v) is 9.85. The van der Waals surface area contributed by atoms with Crippen LogP contribution in [0, 0.1) is 6.92 Å². The number of aryl methyl sites for hydroxylation is 1. The fourth-order valence-electron chi connectivity index (χ4n) is 1.29. The lowest BCUT2D eigenvalue weighted by atomic mass is 9.86. The molecule has 72 valence electrons. The van der Waals surface area contributed by atoms with E-state index in [1.165, 1.54) is 0 Å². The fraction of sp³-hybridized carbons (Fsp3) is 0.455. The van der Waals surface area contributed by atoms with Gasteiger partial charge in [-0.25, -0.2) is 0 Å². The van der Waals surface area contributed by atoms with Crippen LogP contribution in [-0.2, 0) is 5.41 Å².